The van der Waals surface area contributed by atoms with Gasteiger partial charge < -0.3 is 0 Å². The molecule has 0 spiro atoms. The first-order valence-electron chi connectivity index (χ1n) is 6.08. The molecule has 0 N–H and O–H groups in total. The van der Waals surface area contributed by atoms with Gasteiger partial charge in [-0.3, -0.25) is 0 Å². The lowest BCUT2D eigenvalue weighted by Gasteiger charge is -2.17. The molecule has 3 aromatic rings. The van der Waals surface area contributed by atoms with Crippen LogP contribution in [0.25, 0.3) is 20.2 Å². The Hall–Kier alpha value is -1.38. The zero-order valence-electron chi connectivity index (χ0n) is 11.2. The molecule has 0 aliphatic heterocycles. The van der Waals surface area contributed by atoms with Gasteiger partial charge in [0.25, 0.3) is 4.19 Å². The Morgan fingerprint density at radius 3 is 1.68 bits per heavy atom. The van der Waals surface area contributed by atoms with E-state index in [-0.39, 0.29) is 0 Å². The molecule has 0 aliphatic rings. The molecule has 0 aliphatic carbocycles. The summed E-state index contributed by atoms with van der Waals surface area (Å²) in [5.74, 6) is 0. The van der Waals surface area contributed by atoms with Gasteiger partial charge >= 0.3 is 0 Å². The van der Waals surface area contributed by atoms with Crippen molar-refractivity contribution in [2.75, 3.05) is 0 Å². The van der Waals surface area contributed by atoms with E-state index in [0.717, 1.165) is 0 Å². The van der Waals surface area contributed by atoms with Crippen LogP contribution in [-0.4, -0.2) is 0 Å². The van der Waals surface area contributed by atoms with Crippen molar-refractivity contribution in [3.63, 3.8) is 0 Å². The summed E-state index contributed by atoms with van der Waals surface area (Å²) >= 11 is 3.67. The van der Waals surface area contributed by atoms with Gasteiger partial charge in [0, 0.05) is 11.1 Å². The van der Waals surface area contributed by atoms with Crippen molar-refractivity contribution >= 4 is 22.7 Å². The second-order valence-corrected chi connectivity index (χ2v) is 7.05. The minimum atomic E-state index is -4.94. The standard InChI is InChI=1S/C15H11S2.ClHO4/c1-3-7-12(8-4-1)14-11-16-15(17-14)13-9-5-2-6-10-13;2-1(3,4)5/h1-11H;(H,2,3,4,5)/q+1;/p-1. The molecule has 0 saturated heterocycles. The first-order chi connectivity index (χ1) is 10.4. The van der Waals surface area contributed by atoms with Crippen molar-refractivity contribution in [3.05, 3.63) is 66.0 Å². The van der Waals surface area contributed by atoms with Crippen molar-refractivity contribution in [1.29, 1.82) is 0 Å². The molecule has 114 valence electrons. The fourth-order valence-corrected chi connectivity index (χ4v) is 3.96. The zero-order valence-corrected chi connectivity index (χ0v) is 13.6. The summed E-state index contributed by atoms with van der Waals surface area (Å²) in [4.78, 5) is 1.34. The maximum absolute atomic E-state index is 8.49. The second kappa shape index (κ2) is 7.75. The molecule has 0 saturated carbocycles. The maximum Gasteiger partial charge on any atom is 0.285 e. The number of rotatable bonds is 2. The monoisotopic (exact) mass is 354 g/mol. The van der Waals surface area contributed by atoms with Crippen LogP contribution >= 0.6 is 22.7 Å². The third-order valence-electron chi connectivity index (χ3n) is 2.54. The third-order valence-corrected chi connectivity index (χ3v) is 5.03. The molecule has 2 aromatic carbocycles. The molecular weight excluding hydrogens is 344 g/mol. The topological polar surface area (TPSA) is 92.2 Å². The van der Waals surface area contributed by atoms with Gasteiger partial charge in [0.2, 0.25) is 0 Å². The van der Waals surface area contributed by atoms with Crippen LogP contribution in [-0.2, 0) is 0 Å². The van der Waals surface area contributed by atoms with E-state index in [0.29, 0.717) is 0 Å². The highest BCUT2D eigenvalue weighted by Crippen LogP contribution is 2.37. The van der Waals surface area contributed by atoms with E-state index in [2.05, 4.69) is 66.0 Å². The summed E-state index contributed by atoms with van der Waals surface area (Å²) in [6.45, 7) is 0. The van der Waals surface area contributed by atoms with Gasteiger partial charge in [-0.25, -0.2) is 18.6 Å². The molecule has 22 heavy (non-hydrogen) atoms. The van der Waals surface area contributed by atoms with E-state index in [1.54, 1.807) is 0 Å². The second-order valence-electron chi connectivity index (χ2n) is 4.10. The Labute approximate surface area is 137 Å². The third kappa shape index (κ3) is 5.78. The molecule has 1 aromatic heterocycles. The minimum Gasteiger partial charge on any atom is -0.222 e. The molecule has 0 radical (unpaired) electrons. The lowest BCUT2D eigenvalue weighted by atomic mass is 10.2. The normalized spacial score (nSPS) is 10.7. The van der Waals surface area contributed by atoms with Crippen LogP contribution in [0.15, 0.2) is 66.0 Å². The Bertz CT molecular complexity index is 636. The van der Waals surface area contributed by atoms with Crippen LogP contribution in [0.2, 0.25) is 0 Å². The fraction of sp³-hybridized carbons (Fsp3) is 0. The van der Waals surface area contributed by atoms with Crippen LogP contribution in [0.3, 0.4) is 0 Å². The molecule has 0 bridgehead atoms. The Morgan fingerprint density at radius 2 is 1.18 bits per heavy atom. The van der Waals surface area contributed by atoms with Gasteiger partial charge in [0.1, 0.15) is 5.38 Å². The van der Waals surface area contributed by atoms with E-state index in [9.17, 15) is 0 Å². The molecule has 7 heteroatoms. The summed E-state index contributed by atoms with van der Waals surface area (Å²) in [5.41, 5.74) is 2.61. The van der Waals surface area contributed by atoms with Crippen molar-refractivity contribution in [3.8, 4) is 20.2 Å². The highest BCUT2D eigenvalue weighted by molar-refractivity contribution is 7.37. The quantitative estimate of drug-likeness (QED) is 0.632. The Morgan fingerprint density at radius 1 is 0.727 bits per heavy atom. The van der Waals surface area contributed by atoms with Crippen LogP contribution < -0.4 is 18.6 Å². The van der Waals surface area contributed by atoms with E-state index < -0.39 is 10.2 Å². The summed E-state index contributed by atoms with van der Waals surface area (Å²) in [6.07, 6.45) is 0. The summed E-state index contributed by atoms with van der Waals surface area (Å²) in [7, 11) is -4.94. The van der Waals surface area contributed by atoms with E-state index in [1.165, 1.54) is 20.2 Å². The Balaban J connectivity index is 0.000000309. The van der Waals surface area contributed by atoms with Crippen molar-refractivity contribution in [2.24, 2.45) is 0 Å². The van der Waals surface area contributed by atoms with Gasteiger partial charge in [-0.2, -0.15) is 0 Å². The van der Waals surface area contributed by atoms with Gasteiger partial charge in [-0.05, 0) is 12.1 Å². The number of hydrogen-bond acceptors (Lipinski definition) is 5. The SMILES string of the molecule is [O-][Cl+3]([O-])([O-])[O-].c1ccc(-c2c[s+]c(-c3ccccc3)s2)cc1. The summed E-state index contributed by atoms with van der Waals surface area (Å²) in [6, 6.07) is 21.1. The highest BCUT2D eigenvalue weighted by Gasteiger charge is 2.16. The Kier molecular flexibility index (Phi) is 5.98. The van der Waals surface area contributed by atoms with Gasteiger partial charge in [0.05, 0.1) is 22.7 Å². The number of halogens is 1. The molecule has 0 amide bonds. The minimum absolute atomic E-state index is 1.30. The van der Waals surface area contributed by atoms with Gasteiger partial charge in [-0.15, -0.1) is 10.2 Å². The van der Waals surface area contributed by atoms with Crippen LogP contribution in [0, 0.1) is 10.2 Å². The number of benzene rings is 2. The molecule has 0 unspecified atom stereocenters. The van der Waals surface area contributed by atoms with Gasteiger partial charge in [-0.1, -0.05) is 48.5 Å². The van der Waals surface area contributed by atoms with Crippen LogP contribution in [0.4, 0.5) is 0 Å². The lowest BCUT2D eigenvalue weighted by molar-refractivity contribution is -2.00. The fourth-order valence-electron chi connectivity index (χ4n) is 1.69. The smallest absolute Gasteiger partial charge is 0.222 e. The van der Waals surface area contributed by atoms with Crippen LogP contribution in [0.1, 0.15) is 0 Å². The highest BCUT2D eigenvalue weighted by atomic mass is 35.7. The molecule has 3 rings (SSSR count). The largest absolute Gasteiger partial charge is 0.285 e. The first-order valence-corrected chi connectivity index (χ1v) is 9.01. The van der Waals surface area contributed by atoms with E-state index in [4.69, 9.17) is 18.6 Å². The predicted molar refractivity (Wildman–Crippen MR) is 77.5 cm³/mol. The van der Waals surface area contributed by atoms with E-state index in [1.807, 2.05) is 22.7 Å². The van der Waals surface area contributed by atoms with Crippen molar-refractivity contribution < 1.29 is 28.9 Å². The predicted octanol–water partition coefficient (Wildman–Crippen LogP) is 0.669. The summed E-state index contributed by atoms with van der Waals surface area (Å²) < 4.78 is 35.3. The average molecular weight is 355 g/mol. The molecule has 4 nitrogen and oxygen atoms in total. The molecule has 0 atom stereocenters. The maximum atomic E-state index is 8.49. The molecule has 0 fully saturated rings. The van der Waals surface area contributed by atoms with Crippen molar-refractivity contribution in [2.45, 2.75) is 0 Å². The van der Waals surface area contributed by atoms with Crippen LogP contribution in [0.5, 0.6) is 0 Å². The molecular formula is C15H11ClO4S2. The van der Waals surface area contributed by atoms with Gasteiger partial charge in [0.15, 0.2) is 4.88 Å². The first kappa shape index (κ1) is 17.0. The van der Waals surface area contributed by atoms with E-state index >= 15 is 0 Å². The zero-order chi connectivity index (χ0) is 16.0. The number of hydrogen-bond donors (Lipinski definition) is 0. The lowest BCUT2D eigenvalue weighted by Crippen LogP contribution is -2.68. The average Bonchev–Trinajstić information content (AvgIpc) is 2.97. The molecule has 1 heterocycles. The van der Waals surface area contributed by atoms with Crippen molar-refractivity contribution in [1.82, 2.24) is 0 Å². The summed E-state index contributed by atoms with van der Waals surface area (Å²) in [5, 5.41) is 2.24.